The van der Waals surface area contributed by atoms with Crippen LogP contribution in [-0.2, 0) is 51.0 Å². The van der Waals surface area contributed by atoms with Crippen LogP contribution in [0.4, 0.5) is 0 Å². The molecule has 440 valence electrons. The van der Waals surface area contributed by atoms with Gasteiger partial charge < -0.3 is 50.1 Å². The number of esters is 4. The molecule has 79 heavy (non-hydrogen) atoms. The third-order valence-corrected chi connectivity index (χ3v) is 13.3. The van der Waals surface area contributed by atoms with E-state index in [1.54, 1.807) is 114 Å². The van der Waals surface area contributed by atoms with Gasteiger partial charge in [0.1, 0.15) is 11.5 Å². The normalized spacial score (nSPS) is 13.8. The fourth-order valence-corrected chi connectivity index (χ4v) is 8.73. The molecule has 0 spiro atoms. The van der Waals surface area contributed by atoms with Crippen LogP contribution in [0.15, 0.2) is 97.1 Å². The van der Waals surface area contributed by atoms with Crippen LogP contribution in [0.25, 0.3) is 0 Å². The molecule has 2 saturated carbocycles. The number of amides is 2. The van der Waals surface area contributed by atoms with Crippen molar-refractivity contribution in [2.24, 2.45) is 16.6 Å². The Labute approximate surface area is 488 Å². The lowest BCUT2D eigenvalue weighted by Gasteiger charge is -2.27. The first kappa shape index (κ1) is 69.2. The minimum absolute atomic E-state index is 0. The number of hydrogen-bond acceptors (Lipinski definition) is 14. The zero-order valence-corrected chi connectivity index (χ0v) is 47.7. The topological polar surface area (TPSA) is 220 Å². The molecule has 2 aliphatic rings. The van der Waals surface area contributed by atoms with Gasteiger partial charge in [-0.05, 0) is 157 Å². The minimum Gasteiger partial charge on any atom is -0.476 e. The fraction of sp³-hybridized carbons (Fsp3) is 0.500. The van der Waals surface area contributed by atoms with Crippen LogP contribution >= 0.6 is 35.6 Å². The zero-order valence-electron chi connectivity index (χ0n) is 47.4. The smallest absolute Gasteiger partial charge is 0.352 e. The van der Waals surface area contributed by atoms with E-state index in [-0.39, 0.29) is 51.6 Å². The number of ether oxygens (including phenoxy) is 6. The average molecular weight is 1170 g/mol. The molecule has 0 radical (unpaired) electrons. The SMILES string of the molecule is C.C.CC(C)(Oc1ccc(CCNC(=O)c2ccc(Cl)cc2)cc1)C(=O)OCOC(=O)C1(CN)CCCC1.CNCC1(C(=O)OCOC(=O)C(C)(C)Oc2ccc(CCNC(=O)c3ccc(Cl)cc3)cc2)CCCC1.Cl.[2H]CC.[3H]C. The van der Waals surface area contributed by atoms with Crippen molar-refractivity contribution in [3.8, 4) is 11.5 Å². The molecule has 0 aromatic heterocycles. The van der Waals surface area contributed by atoms with Crippen molar-refractivity contribution in [2.75, 3.05) is 46.8 Å². The van der Waals surface area contributed by atoms with E-state index in [9.17, 15) is 28.8 Å². The molecule has 0 unspecified atom stereocenters. The summed E-state index contributed by atoms with van der Waals surface area (Å²) in [6.07, 6.45) is 7.99. The van der Waals surface area contributed by atoms with Gasteiger partial charge in [0.05, 0.1) is 10.8 Å². The standard InChI is InChI=1S/C28H35ClN2O6.C27H33ClN2O6.C2H6.3CH4.ClH/c1-27(2,25(33)35-19-36-26(34)28(18-30-3)15-4-5-16-28)37-23-12-6-20(7-13-23)14-17-31-24(32)21-8-10-22(29)11-9-21;1-26(2,24(32)34-18-35-25(33)27(17-29)14-3-4-15-27)36-22-11-5-19(6-12-22)13-16-30-23(31)20-7-9-21(28)10-8-20;1-2;;;;/h6-13,30H,4-5,14-19H2,1-3H3,(H,31,32);5-12H,3-4,13-18,29H2,1-2H3,(H,30,31);1-2H3;3*1H4;1H/i;;1D;1T;;;. The largest absolute Gasteiger partial charge is 0.476 e. The van der Waals surface area contributed by atoms with E-state index in [1.165, 1.54) is 7.40 Å². The van der Waals surface area contributed by atoms with E-state index < -0.39 is 53.5 Å². The monoisotopic (exact) mass is 1160 g/mol. The summed E-state index contributed by atoms with van der Waals surface area (Å²) in [7, 11) is 3.06. The second-order valence-corrected chi connectivity index (χ2v) is 20.1. The molecule has 2 fully saturated rings. The van der Waals surface area contributed by atoms with E-state index in [0.29, 0.717) is 84.9 Å². The summed E-state index contributed by atoms with van der Waals surface area (Å²) in [6, 6.07) is 27.9. The highest BCUT2D eigenvalue weighted by Gasteiger charge is 2.43. The summed E-state index contributed by atoms with van der Waals surface area (Å²) >= 11 is 11.7. The van der Waals surface area contributed by atoms with Crippen molar-refractivity contribution in [1.29, 1.82) is 0 Å². The molecule has 0 saturated heterocycles. The molecule has 16 nitrogen and oxygen atoms in total. The Hall–Kier alpha value is -5.91. The van der Waals surface area contributed by atoms with Crippen molar-refractivity contribution in [1.82, 2.24) is 16.0 Å². The number of carbonyl (C=O) groups excluding carboxylic acids is 6. The van der Waals surface area contributed by atoms with Gasteiger partial charge in [-0.1, -0.05) is 109 Å². The number of hydrogen-bond donors (Lipinski definition) is 4. The number of nitrogens with one attached hydrogen (secondary N) is 3. The second kappa shape index (κ2) is 35.7. The summed E-state index contributed by atoms with van der Waals surface area (Å²) in [5.74, 6) is -1.41. The lowest BCUT2D eigenvalue weighted by molar-refractivity contribution is -0.184. The summed E-state index contributed by atoms with van der Waals surface area (Å²) in [4.78, 5) is 74.5. The predicted octanol–water partition coefficient (Wildman–Crippen LogP) is 11.7. The molecule has 2 aliphatic carbocycles. The van der Waals surface area contributed by atoms with Gasteiger partial charge in [-0.15, -0.1) is 12.4 Å². The Bertz CT molecular complexity index is 2490. The van der Waals surface area contributed by atoms with Crippen molar-refractivity contribution >= 4 is 71.3 Å². The first-order valence-electron chi connectivity index (χ1n) is 26.9. The Morgan fingerprint density at radius 3 is 1.25 bits per heavy atom. The maximum atomic E-state index is 12.6. The van der Waals surface area contributed by atoms with Crippen molar-refractivity contribution in [2.45, 2.75) is 139 Å². The highest BCUT2D eigenvalue weighted by molar-refractivity contribution is 6.31. The lowest BCUT2D eigenvalue weighted by atomic mass is 9.86. The molecule has 4 aromatic carbocycles. The third-order valence-electron chi connectivity index (χ3n) is 12.8. The highest BCUT2D eigenvalue weighted by Crippen LogP contribution is 2.39. The number of rotatable bonds is 23. The Kier molecular flexibility index (Phi) is 31.2. The van der Waals surface area contributed by atoms with Crippen molar-refractivity contribution < 1.29 is 59.9 Å². The van der Waals surface area contributed by atoms with Crippen LogP contribution in [0.1, 0.15) is 150 Å². The Morgan fingerprint density at radius 2 is 0.924 bits per heavy atom. The molecular formula is C60H87Cl3N4O12. The van der Waals surface area contributed by atoms with Gasteiger partial charge >= 0.3 is 23.9 Å². The molecule has 6 rings (SSSR count). The van der Waals surface area contributed by atoms with Gasteiger partial charge in [-0.2, -0.15) is 0 Å². The average Bonchev–Trinajstić information content (AvgIpc) is 4.15. The fourth-order valence-electron chi connectivity index (χ4n) is 8.48. The van der Waals surface area contributed by atoms with Crippen LogP contribution in [-0.4, -0.2) is 93.7 Å². The zero-order chi connectivity index (χ0) is 57.8. The predicted molar refractivity (Wildman–Crippen MR) is 315 cm³/mol. The quantitative estimate of drug-likeness (QED) is 0.0401. The van der Waals surface area contributed by atoms with Gasteiger partial charge in [-0.3, -0.25) is 19.2 Å². The summed E-state index contributed by atoms with van der Waals surface area (Å²) in [5, 5.41) is 9.96. The first-order chi connectivity index (χ1) is 37.2. The van der Waals surface area contributed by atoms with E-state index in [1.807, 2.05) is 24.3 Å². The molecule has 2 amide bonds. The number of carbonyl (C=O) groups is 6. The summed E-state index contributed by atoms with van der Waals surface area (Å²) in [5.41, 5.74) is 5.08. The molecule has 0 aliphatic heterocycles. The van der Waals surface area contributed by atoms with Crippen LogP contribution in [0.5, 0.6) is 11.5 Å². The highest BCUT2D eigenvalue weighted by atomic mass is 35.5. The molecule has 19 heteroatoms. The lowest BCUT2D eigenvalue weighted by Crippen LogP contribution is -2.42. The van der Waals surface area contributed by atoms with Gasteiger partial charge in [0, 0.05) is 50.1 Å². The molecule has 5 N–H and O–H groups in total. The number of benzene rings is 4. The number of halogens is 3. The van der Waals surface area contributed by atoms with E-state index in [0.717, 1.165) is 49.7 Å². The molecule has 0 heterocycles. The van der Waals surface area contributed by atoms with Crippen LogP contribution in [0.2, 0.25) is 10.0 Å². The number of nitrogens with two attached hydrogens (primary N) is 1. The van der Waals surface area contributed by atoms with Crippen molar-refractivity contribution in [3.05, 3.63) is 129 Å². The van der Waals surface area contributed by atoms with E-state index in [4.69, 9.17) is 60.1 Å². The third kappa shape index (κ3) is 22.6. The van der Waals surface area contributed by atoms with E-state index >= 15 is 0 Å². The van der Waals surface area contributed by atoms with Crippen molar-refractivity contribution in [3.63, 3.8) is 0 Å². The summed E-state index contributed by atoms with van der Waals surface area (Å²) < 4.78 is 44.4. The second-order valence-electron chi connectivity index (χ2n) is 19.2. The first-order valence-corrected chi connectivity index (χ1v) is 25.9. The molecule has 0 atom stereocenters. The van der Waals surface area contributed by atoms with Gasteiger partial charge in [-0.25, -0.2) is 9.59 Å². The molecule has 0 bridgehead atoms. The van der Waals surface area contributed by atoms with Crippen LogP contribution in [0.3, 0.4) is 0 Å². The molecular weight excluding hydrogens is 1080 g/mol. The van der Waals surface area contributed by atoms with Crippen LogP contribution < -0.4 is 31.2 Å². The Morgan fingerprint density at radius 1 is 0.595 bits per heavy atom. The van der Waals surface area contributed by atoms with Crippen LogP contribution in [0, 0.1) is 10.8 Å². The molecule has 4 aromatic rings. The maximum Gasteiger partial charge on any atom is 0.352 e. The maximum absolute atomic E-state index is 12.6. The minimum atomic E-state index is -1.29. The van der Waals surface area contributed by atoms with Gasteiger partial charge in [0.15, 0.2) is 11.2 Å². The van der Waals surface area contributed by atoms with E-state index in [2.05, 4.69) is 16.0 Å². The van der Waals surface area contributed by atoms with Gasteiger partial charge in [0.25, 0.3) is 11.8 Å². The van der Waals surface area contributed by atoms with Gasteiger partial charge in [0.2, 0.25) is 13.6 Å². The Balaban J connectivity index is 0.00000142. The summed E-state index contributed by atoms with van der Waals surface area (Å²) in [6.45, 7) is 9.40.